The van der Waals surface area contributed by atoms with E-state index in [4.69, 9.17) is 4.74 Å². The summed E-state index contributed by atoms with van der Waals surface area (Å²) in [4.78, 5) is 24.4. The average molecular weight is 404 g/mol. The zero-order valence-corrected chi connectivity index (χ0v) is 12.9. The van der Waals surface area contributed by atoms with Crippen molar-refractivity contribution in [3.05, 3.63) is 54.0 Å². The molecule has 1 heterocycles. The van der Waals surface area contributed by atoms with E-state index in [2.05, 4.69) is 4.98 Å². The van der Waals surface area contributed by atoms with E-state index in [9.17, 15) is 20.2 Å². The van der Waals surface area contributed by atoms with Crippen molar-refractivity contribution in [1.82, 2.24) is 9.55 Å². The standard InChI is InChI=1S/C11H9IN4O5/c1-14-10(13-5-11(14)16(19)20)6-21-9-3-2-7(12)4-8(9)15(17)18/h2-5H,6H2,1H3. The topological polar surface area (TPSA) is 113 Å². The summed E-state index contributed by atoms with van der Waals surface area (Å²) in [6.45, 7) is -0.105. The first kappa shape index (κ1) is 15.2. The number of nitro benzene ring substituents is 1. The highest BCUT2D eigenvalue weighted by Gasteiger charge is 2.20. The van der Waals surface area contributed by atoms with E-state index in [-0.39, 0.29) is 23.9 Å². The number of benzene rings is 1. The highest BCUT2D eigenvalue weighted by molar-refractivity contribution is 14.1. The van der Waals surface area contributed by atoms with Gasteiger partial charge in [0.15, 0.2) is 12.4 Å². The van der Waals surface area contributed by atoms with Crippen molar-refractivity contribution in [2.75, 3.05) is 0 Å². The van der Waals surface area contributed by atoms with Crippen LogP contribution >= 0.6 is 22.6 Å². The fraction of sp³-hybridized carbons (Fsp3) is 0.182. The maximum Gasteiger partial charge on any atom is 0.342 e. The molecular weight excluding hydrogens is 395 g/mol. The molecule has 9 nitrogen and oxygen atoms in total. The van der Waals surface area contributed by atoms with E-state index < -0.39 is 9.85 Å². The van der Waals surface area contributed by atoms with E-state index in [0.29, 0.717) is 9.39 Å². The number of hydrogen-bond acceptors (Lipinski definition) is 6. The Hall–Kier alpha value is -2.24. The number of hydrogen-bond donors (Lipinski definition) is 0. The summed E-state index contributed by atoms with van der Waals surface area (Å²) in [5.41, 5.74) is -0.161. The van der Waals surface area contributed by atoms with Crippen molar-refractivity contribution in [2.45, 2.75) is 6.61 Å². The van der Waals surface area contributed by atoms with E-state index in [1.807, 2.05) is 22.6 Å². The summed E-state index contributed by atoms with van der Waals surface area (Å²) < 4.78 is 7.33. The van der Waals surface area contributed by atoms with Gasteiger partial charge in [0.2, 0.25) is 5.82 Å². The first-order chi connectivity index (χ1) is 9.90. The molecule has 0 atom stereocenters. The molecule has 21 heavy (non-hydrogen) atoms. The largest absolute Gasteiger partial charge is 0.476 e. The Labute approximate surface area is 132 Å². The molecule has 0 N–H and O–H groups in total. The van der Waals surface area contributed by atoms with E-state index in [0.717, 1.165) is 6.20 Å². The number of halogens is 1. The van der Waals surface area contributed by atoms with E-state index in [1.165, 1.54) is 23.7 Å². The minimum atomic E-state index is -0.566. The number of nitrogens with zero attached hydrogens (tertiary/aromatic N) is 4. The van der Waals surface area contributed by atoms with Crippen LogP contribution in [0.15, 0.2) is 24.4 Å². The van der Waals surface area contributed by atoms with Crippen LogP contribution in [0.5, 0.6) is 5.75 Å². The van der Waals surface area contributed by atoms with Gasteiger partial charge in [-0.05, 0) is 39.6 Å². The van der Waals surface area contributed by atoms with Crippen LogP contribution in [0.2, 0.25) is 0 Å². The third kappa shape index (κ3) is 3.26. The number of rotatable bonds is 5. The van der Waals surface area contributed by atoms with Crippen molar-refractivity contribution in [3.8, 4) is 5.75 Å². The molecule has 0 aliphatic carbocycles. The Morgan fingerprint density at radius 1 is 1.33 bits per heavy atom. The molecule has 0 fully saturated rings. The van der Waals surface area contributed by atoms with Crippen molar-refractivity contribution >= 4 is 34.1 Å². The maximum absolute atomic E-state index is 11.0. The first-order valence-electron chi connectivity index (χ1n) is 5.62. The summed E-state index contributed by atoms with van der Waals surface area (Å²) in [7, 11) is 1.48. The molecule has 1 aromatic carbocycles. The third-order valence-electron chi connectivity index (χ3n) is 2.72. The van der Waals surface area contributed by atoms with Gasteiger partial charge in [-0.15, -0.1) is 0 Å². The molecule has 0 spiro atoms. The second-order valence-electron chi connectivity index (χ2n) is 4.01. The van der Waals surface area contributed by atoms with Crippen LogP contribution in [-0.4, -0.2) is 19.4 Å². The molecule has 0 saturated heterocycles. The maximum atomic E-state index is 11.0. The van der Waals surface area contributed by atoms with Gasteiger partial charge in [0.05, 0.1) is 12.0 Å². The quantitative estimate of drug-likeness (QED) is 0.430. The fourth-order valence-corrected chi connectivity index (χ4v) is 2.11. The number of aromatic nitrogens is 2. The molecule has 10 heteroatoms. The lowest BCUT2D eigenvalue weighted by Crippen LogP contribution is -2.06. The summed E-state index contributed by atoms with van der Waals surface area (Å²) >= 11 is 1.96. The monoisotopic (exact) mass is 404 g/mol. The molecule has 110 valence electrons. The second-order valence-corrected chi connectivity index (χ2v) is 5.25. The van der Waals surface area contributed by atoms with Crippen LogP contribution in [0, 0.1) is 23.8 Å². The molecule has 0 radical (unpaired) electrons. The Morgan fingerprint density at radius 3 is 2.62 bits per heavy atom. The van der Waals surface area contributed by atoms with Gasteiger partial charge in [-0.1, -0.05) is 0 Å². The Balaban J connectivity index is 2.21. The SMILES string of the molecule is Cn1c([N+](=O)[O-])cnc1COc1ccc(I)cc1[N+](=O)[O-]. The zero-order chi connectivity index (χ0) is 15.6. The van der Waals surface area contributed by atoms with Gasteiger partial charge < -0.3 is 14.9 Å². The predicted octanol–water partition coefficient (Wildman–Crippen LogP) is 2.42. The van der Waals surface area contributed by atoms with Crippen LogP contribution in [0.25, 0.3) is 0 Å². The minimum absolute atomic E-state index is 0.0890. The average Bonchev–Trinajstić information content (AvgIpc) is 2.78. The van der Waals surface area contributed by atoms with Crippen LogP contribution in [0.4, 0.5) is 11.5 Å². The van der Waals surface area contributed by atoms with Crippen LogP contribution in [0.3, 0.4) is 0 Å². The summed E-state index contributed by atoms with van der Waals surface area (Å²) in [5, 5.41) is 21.7. The van der Waals surface area contributed by atoms with Gasteiger partial charge in [-0.25, -0.2) is 9.55 Å². The fourth-order valence-electron chi connectivity index (χ4n) is 1.64. The zero-order valence-electron chi connectivity index (χ0n) is 10.7. The van der Waals surface area contributed by atoms with Gasteiger partial charge in [0, 0.05) is 9.64 Å². The number of ether oxygens (including phenoxy) is 1. The van der Waals surface area contributed by atoms with Crippen molar-refractivity contribution in [2.24, 2.45) is 7.05 Å². The Morgan fingerprint density at radius 2 is 2.05 bits per heavy atom. The summed E-state index contributed by atoms with van der Waals surface area (Å²) in [6.07, 6.45) is 1.11. The molecule has 1 aromatic heterocycles. The molecule has 0 unspecified atom stereocenters. The number of imidazole rings is 1. The predicted molar refractivity (Wildman–Crippen MR) is 80.0 cm³/mol. The van der Waals surface area contributed by atoms with Gasteiger partial charge in [-0.2, -0.15) is 0 Å². The van der Waals surface area contributed by atoms with Crippen LogP contribution in [-0.2, 0) is 13.7 Å². The Bertz CT molecular complexity index is 715. The van der Waals surface area contributed by atoms with E-state index in [1.54, 1.807) is 6.07 Å². The molecule has 0 aliphatic heterocycles. The molecule has 0 amide bonds. The van der Waals surface area contributed by atoms with Gasteiger partial charge in [0.1, 0.15) is 6.20 Å². The lowest BCUT2D eigenvalue weighted by atomic mass is 10.3. The molecule has 0 bridgehead atoms. The minimum Gasteiger partial charge on any atom is -0.476 e. The lowest BCUT2D eigenvalue weighted by Gasteiger charge is -2.05. The second kappa shape index (κ2) is 6.03. The molecular formula is C11H9IN4O5. The van der Waals surface area contributed by atoms with Crippen LogP contribution in [0.1, 0.15) is 5.82 Å². The molecule has 2 aromatic rings. The van der Waals surface area contributed by atoms with Gasteiger partial charge in [0.25, 0.3) is 0 Å². The number of nitro groups is 2. The van der Waals surface area contributed by atoms with Crippen molar-refractivity contribution < 1.29 is 14.6 Å². The molecule has 2 rings (SSSR count). The van der Waals surface area contributed by atoms with Gasteiger partial charge >= 0.3 is 11.5 Å². The molecule has 0 saturated carbocycles. The van der Waals surface area contributed by atoms with E-state index >= 15 is 0 Å². The van der Waals surface area contributed by atoms with Crippen molar-refractivity contribution in [3.63, 3.8) is 0 Å². The Kier molecular flexibility index (Phi) is 4.35. The smallest absolute Gasteiger partial charge is 0.342 e. The highest BCUT2D eigenvalue weighted by atomic mass is 127. The third-order valence-corrected chi connectivity index (χ3v) is 3.39. The molecule has 0 aliphatic rings. The summed E-state index contributed by atoms with van der Waals surface area (Å²) in [5.74, 6) is 0.214. The first-order valence-corrected chi connectivity index (χ1v) is 6.69. The highest BCUT2D eigenvalue weighted by Crippen LogP contribution is 2.29. The normalized spacial score (nSPS) is 10.4. The van der Waals surface area contributed by atoms with Gasteiger partial charge in [-0.3, -0.25) is 10.1 Å². The summed E-state index contributed by atoms with van der Waals surface area (Å²) in [6, 6.07) is 4.54. The van der Waals surface area contributed by atoms with Crippen molar-refractivity contribution in [1.29, 1.82) is 0 Å². The van der Waals surface area contributed by atoms with Crippen LogP contribution < -0.4 is 4.74 Å². The lowest BCUT2D eigenvalue weighted by molar-refractivity contribution is -0.391.